The van der Waals surface area contributed by atoms with E-state index < -0.39 is 0 Å². The summed E-state index contributed by atoms with van der Waals surface area (Å²) in [6.45, 7) is 4.03. The standard InChI is InChI=1S/C19H22N6O/c26-19(21-7-6-16-11-20-14-22-16)18-10-17-13-24(8-9-25(17)23-18)12-15-4-2-1-3-5-15/h1-5,10-11,14H,6-9,12-13H2,(H,20,22)(H,21,26). The quantitative estimate of drug-likeness (QED) is 0.708. The van der Waals surface area contributed by atoms with Gasteiger partial charge in [-0.3, -0.25) is 14.4 Å². The summed E-state index contributed by atoms with van der Waals surface area (Å²) in [6, 6.07) is 12.4. The Labute approximate surface area is 152 Å². The SMILES string of the molecule is O=C(NCCc1cnc[nH]1)c1cc2n(n1)CCN(Cc1ccccc1)C2. The molecule has 4 rings (SSSR count). The molecule has 2 aromatic heterocycles. The van der Waals surface area contributed by atoms with Crippen LogP contribution in [0.2, 0.25) is 0 Å². The highest BCUT2D eigenvalue weighted by atomic mass is 16.1. The molecule has 3 aromatic rings. The average Bonchev–Trinajstić information content (AvgIpc) is 3.31. The number of imidazole rings is 1. The fourth-order valence-corrected chi connectivity index (χ4v) is 3.23. The number of fused-ring (bicyclic) bond motifs is 1. The van der Waals surface area contributed by atoms with E-state index in [9.17, 15) is 4.79 Å². The second kappa shape index (κ2) is 7.53. The Morgan fingerprint density at radius 2 is 2.12 bits per heavy atom. The molecule has 134 valence electrons. The molecular weight excluding hydrogens is 328 g/mol. The zero-order valence-electron chi connectivity index (χ0n) is 14.6. The van der Waals surface area contributed by atoms with Crippen molar-refractivity contribution >= 4 is 5.91 Å². The van der Waals surface area contributed by atoms with Crippen molar-refractivity contribution in [2.45, 2.75) is 26.1 Å². The van der Waals surface area contributed by atoms with Gasteiger partial charge in [-0.15, -0.1) is 0 Å². The number of hydrogen-bond donors (Lipinski definition) is 2. The van der Waals surface area contributed by atoms with Crippen LogP contribution in [0.5, 0.6) is 0 Å². The van der Waals surface area contributed by atoms with Gasteiger partial charge in [0.05, 0.1) is 18.6 Å². The largest absolute Gasteiger partial charge is 0.350 e. The normalized spacial score (nSPS) is 14.2. The topological polar surface area (TPSA) is 78.8 Å². The van der Waals surface area contributed by atoms with E-state index in [4.69, 9.17) is 0 Å². The summed E-state index contributed by atoms with van der Waals surface area (Å²) < 4.78 is 1.95. The Balaban J connectivity index is 1.34. The lowest BCUT2D eigenvalue weighted by molar-refractivity contribution is 0.0948. The van der Waals surface area contributed by atoms with Gasteiger partial charge in [0.15, 0.2) is 0 Å². The Kier molecular flexibility index (Phi) is 4.79. The molecule has 0 saturated heterocycles. The van der Waals surface area contributed by atoms with Crippen LogP contribution in [0.1, 0.15) is 27.4 Å². The molecule has 0 aliphatic carbocycles. The van der Waals surface area contributed by atoms with E-state index >= 15 is 0 Å². The molecule has 0 radical (unpaired) electrons. The van der Waals surface area contributed by atoms with Gasteiger partial charge < -0.3 is 10.3 Å². The van der Waals surface area contributed by atoms with Crippen molar-refractivity contribution < 1.29 is 4.79 Å². The molecule has 0 spiro atoms. The van der Waals surface area contributed by atoms with Gasteiger partial charge in [0, 0.05) is 44.5 Å². The van der Waals surface area contributed by atoms with Crippen molar-refractivity contribution in [1.82, 2.24) is 30.0 Å². The van der Waals surface area contributed by atoms with Gasteiger partial charge in [-0.2, -0.15) is 5.10 Å². The zero-order chi connectivity index (χ0) is 17.8. The highest BCUT2D eigenvalue weighted by Gasteiger charge is 2.20. The Morgan fingerprint density at radius 3 is 2.92 bits per heavy atom. The van der Waals surface area contributed by atoms with Crippen LogP contribution in [-0.2, 0) is 26.1 Å². The summed E-state index contributed by atoms with van der Waals surface area (Å²) in [4.78, 5) is 21.7. The summed E-state index contributed by atoms with van der Waals surface area (Å²) in [7, 11) is 0. The van der Waals surface area contributed by atoms with Gasteiger partial charge in [0.1, 0.15) is 5.69 Å². The molecule has 0 fully saturated rings. The Bertz CT molecular complexity index is 856. The lowest BCUT2D eigenvalue weighted by Gasteiger charge is -2.27. The number of aromatic nitrogens is 4. The van der Waals surface area contributed by atoms with E-state index in [1.165, 1.54) is 5.56 Å². The smallest absolute Gasteiger partial charge is 0.271 e. The molecule has 0 bridgehead atoms. The summed E-state index contributed by atoms with van der Waals surface area (Å²) in [6.07, 6.45) is 4.13. The lowest BCUT2D eigenvalue weighted by Crippen LogP contribution is -2.33. The van der Waals surface area contributed by atoms with Crippen LogP contribution in [0.4, 0.5) is 0 Å². The molecule has 0 atom stereocenters. The summed E-state index contributed by atoms with van der Waals surface area (Å²) >= 11 is 0. The molecule has 7 nitrogen and oxygen atoms in total. The predicted molar refractivity (Wildman–Crippen MR) is 97.4 cm³/mol. The Morgan fingerprint density at radius 1 is 1.23 bits per heavy atom. The van der Waals surface area contributed by atoms with Gasteiger partial charge in [0.2, 0.25) is 0 Å². The fourth-order valence-electron chi connectivity index (χ4n) is 3.23. The number of rotatable bonds is 6. The monoisotopic (exact) mass is 350 g/mol. The van der Waals surface area contributed by atoms with Crippen molar-refractivity contribution in [3.63, 3.8) is 0 Å². The third-order valence-electron chi connectivity index (χ3n) is 4.59. The molecule has 3 heterocycles. The highest BCUT2D eigenvalue weighted by Crippen LogP contribution is 2.16. The highest BCUT2D eigenvalue weighted by molar-refractivity contribution is 5.92. The average molecular weight is 350 g/mol. The van der Waals surface area contributed by atoms with Gasteiger partial charge in [-0.25, -0.2) is 4.98 Å². The van der Waals surface area contributed by atoms with Crippen molar-refractivity contribution in [3.8, 4) is 0 Å². The number of benzene rings is 1. The van der Waals surface area contributed by atoms with Crippen LogP contribution in [-0.4, -0.2) is 43.6 Å². The van der Waals surface area contributed by atoms with Crippen LogP contribution >= 0.6 is 0 Å². The molecule has 2 N–H and O–H groups in total. The van der Waals surface area contributed by atoms with E-state index in [0.29, 0.717) is 12.2 Å². The van der Waals surface area contributed by atoms with Gasteiger partial charge in [-0.1, -0.05) is 30.3 Å². The van der Waals surface area contributed by atoms with Gasteiger partial charge in [0.25, 0.3) is 5.91 Å². The first-order valence-electron chi connectivity index (χ1n) is 8.86. The van der Waals surface area contributed by atoms with Crippen molar-refractivity contribution in [3.05, 3.63) is 71.6 Å². The first kappa shape index (κ1) is 16.5. The van der Waals surface area contributed by atoms with Crippen LogP contribution in [0.25, 0.3) is 0 Å². The molecule has 1 aromatic carbocycles. The first-order valence-corrected chi connectivity index (χ1v) is 8.86. The van der Waals surface area contributed by atoms with Crippen LogP contribution in [0.15, 0.2) is 48.9 Å². The van der Waals surface area contributed by atoms with E-state index in [1.54, 1.807) is 12.5 Å². The van der Waals surface area contributed by atoms with E-state index in [2.05, 4.69) is 49.5 Å². The molecule has 0 saturated carbocycles. The lowest BCUT2D eigenvalue weighted by atomic mass is 10.2. The maximum Gasteiger partial charge on any atom is 0.271 e. The molecule has 1 amide bonds. The number of H-pyrrole nitrogens is 1. The van der Waals surface area contributed by atoms with Crippen LogP contribution < -0.4 is 5.32 Å². The van der Waals surface area contributed by atoms with Crippen molar-refractivity contribution in [2.24, 2.45) is 0 Å². The molecule has 0 unspecified atom stereocenters. The zero-order valence-corrected chi connectivity index (χ0v) is 14.6. The summed E-state index contributed by atoms with van der Waals surface area (Å²) in [5, 5.41) is 7.39. The van der Waals surface area contributed by atoms with Crippen molar-refractivity contribution in [1.29, 1.82) is 0 Å². The Hall–Kier alpha value is -2.93. The number of amides is 1. The fraction of sp³-hybridized carbons (Fsp3) is 0.316. The minimum Gasteiger partial charge on any atom is -0.350 e. The van der Waals surface area contributed by atoms with Crippen LogP contribution in [0, 0.1) is 0 Å². The number of hydrogen-bond acceptors (Lipinski definition) is 4. The number of aromatic amines is 1. The van der Waals surface area contributed by atoms with Gasteiger partial charge in [-0.05, 0) is 11.6 Å². The molecule has 7 heteroatoms. The first-order chi connectivity index (χ1) is 12.8. The number of nitrogens with zero attached hydrogens (tertiary/aromatic N) is 4. The maximum atomic E-state index is 12.3. The molecule has 1 aliphatic heterocycles. The minimum absolute atomic E-state index is 0.124. The molecular formula is C19H22N6O. The second-order valence-corrected chi connectivity index (χ2v) is 6.52. The number of carbonyl (C=O) groups excluding carboxylic acids is 1. The molecule has 1 aliphatic rings. The maximum absolute atomic E-state index is 12.3. The predicted octanol–water partition coefficient (Wildman–Crippen LogP) is 1.59. The van der Waals surface area contributed by atoms with Crippen LogP contribution in [0.3, 0.4) is 0 Å². The second-order valence-electron chi connectivity index (χ2n) is 6.52. The third kappa shape index (κ3) is 3.83. The third-order valence-corrected chi connectivity index (χ3v) is 4.59. The summed E-state index contributed by atoms with van der Waals surface area (Å²) in [5.74, 6) is -0.124. The van der Waals surface area contributed by atoms with E-state index in [0.717, 1.165) is 44.0 Å². The number of nitrogens with one attached hydrogen (secondary N) is 2. The number of carbonyl (C=O) groups is 1. The minimum atomic E-state index is -0.124. The van der Waals surface area contributed by atoms with Crippen molar-refractivity contribution in [2.75, 3.05) is 13.1 Å². The van der Waals surface area contributed by atoms with E-state index in [-0.39, 0.29) is 5.91 Å². The van der Waals surface area contributed by atoms with E-state index in [1.807, 2.05) is 16.8 Å². The molecule has 26 heavy (non-hydrogen) atoms. The summed E-state index contributed by atoms with van der Waals surface area (Å²) in [5.41, 5.74) is 3.89. The van der Waals surface area contributed by atoms with Gasteiger partial charge >= 0.3 is 0 Å².